The predicted octanol–water partition coefficient (Wildman–Crippen LogP) is 2.94. The summed E-state index contributed by atoms with van der Waals surface area (Å²) in [6, 6.07) is 9.66. The molecule has 1 nitrogen and oxygen atoms in total. The van der Waals surface area contributed by atoms with Crippen LogP contribution in [0.3, 0.4) is 0 Å². The summed E-state index contributed by atoms with van der Waals surface area (Å²) < 4.78 is 14.6. The standard InChI is InChI=1S/C13H20FN/c1-12(2,3)13(14,10-15)9-11-7-5-4-6-8-11/h4-8H,9-10,15H2,1-3H3. The third kappa shape index (κ3) is 2.78. The van der Waals surface area contributed by atoms with Crippen molar-refractivity contribution in [3.63, 3.8) is 0 Å². The third-order valence-electron chi connectivity index (χ3n) is 2.99. The van der Waals surface area contributed by atoms with E-state index in [0.717, 1.165) is 5.56 Å². The quantitative estimate of drug-likeness (QED) is 0.813. The second-order valence-corrected chi connectivity index (χ2v) is 5.08. The Morgan fingerprint density at radius 3 is 2.07 bits per heavy atom. The fourth-order valence-corrected chi connectivity index (χ4v) is 1.56. The molecule has 0 saturated heterocycles. The van der Waals surface area contributed by atoms with Crippen LogP contribution in [0, 0.1) is 5.41 Å². The molecular formula is C13H20FN. The summed E-state index contributed by atoms with van der Waals surface area (Å²) in [6.07, 6.45) is 0.383. The van der Waals surface area contributed by atoms with Gasteiger partial charge in [-0.1, -0.05) is 51.1 Å². The zero-order valence-electron chi connectivity index (χ0n) is 9.76. The second kappa shape index (κ2) is 4.31. The van der Waals surface area contributed by atoms with Crippen LogP contribution in [0.15, 0.2) is 30.3 Å². The molecule has 0 spiro atoms. The van der Waals surface area contributed by atoms with Gasteiger partial charge in [0.15, 0.2) is 0 Å². The van der Waals surface area contributed by atoms with Crippen LogP contribution in [0.4, 0.5) is 4.39 Å². The van der Waals surface area contributed by atoms with E-state index in [0.29, 0.717) is 6.42 Å². The lowest BCUT2D eigenvalue weighted by atomic mass is 9.74. The molecule has 2 heteroatoms. The van der Waals surface area contributed by atoms with Crippen molar-refractivity contribution in [1.82, 2.24) is 0 Å². The normalized spacial score (nSPS) is 16.1. The van der Waals surface area contributed by atoms with Gasteiger partial charge in [-0.2, -0.15) is 0 Å². The highest BCUT2D eigenvalue weighted by molar-refractivity contribution is 5.18. The van der Waals surface area contributed by atoms with Crippen molar-refractivity contribution >= 4 is 0 Å². The maximum atomic E-state index is 14.6. The van der Waals surface area contributed by atoms with Gasteiger partial charge in [0.25, 0.3) is 0 Å². The van der Waals surface area contributed by atoms with Gasteiger partial charge in [0, 0.05) is 13.0 Å². The predicted molar refractivity (Wildman–Crippen MR) is 62.5 cm³/mol. The Bertz CT molecular complexity index is 302. The molecule has 1 aromatic rings. The van der Waals surface area contributed by atoms with Gasteiger partial charge < -0.3 is 5.73 Å². The van der Waals surface area contributed by atoms with Crippen LogP contribution >= 0.6 is 0 Å². The fraction of sp³-hybridized carbons (Fsp3) is 0.538. The van der Waals surface area contributed by atoms with E-state index in [9.17, 15) is 4.39 Å². The molecule has 84 valence electrons. The van der Waals surface area contributed by atoms with Crippen LogP contribution in [0.1, 0.15) is 26.3 Å². The number of hydrogen-bond acceptors (Lipinski definition) is 1. The van der Waals surface area contributed by atoms with Crippen LogP contribution < -0.4 is 5.73 Å². The summed E-state index contributed by atoms with van der Waals surface area (Å²) in [5.41, 5.74) is 4.79. The molecule has 0 aliphatic rings. The van der Waals surface area contributed by atoms with Crippen molar-refractivity contribution in [2.24, 2.45) is 11.1 Å². The number of halogens is 1. The first kappa shape index (κ1) is 12.2. The van der Waals surface area contributed by atoms with Crippen LogP contribution in [0.25, 0.3) is 0 Å². The molecule has 0 saturated carbocycles. The SMILES string of the molecule is CC(C)(C)C(F)(CN)Cc1ccccc1. The maximum absolute atomic E-state index is 14.6. The molecule has 0 aliphatic heterocycles. The molecular weight excluding hydrogens is 189 g/mol. The average molecular weight is 209 g/mol. The number of benzene rings is 1. The topological polar surface area (TPSA) is 26.0 Å². The molecule has 0 aromatic heterocycles. The monoisotopic (exact) mass is 209 g/mol. The van der Waals surface area contributed by atoms with E-state index in [-0.39, 0.29) is 6.54 Å². The summed E-state index contributed by atoms with van der Waals surface area (Å²) >= 11 is 0. The lowest BCUT2D eigenvalue weighted by Gasteiger charge is -2.37. The zero-order chi connectivity index (χ0) is 11.5. The second-order valence-electron chi connectivity index (χ2n) is 5.08. The highest BCUT2D eigenvalue weighted by atomic mass is 19.1. The van der Waals surface area contributed by atoms with Gasteiger partial charge in [-0.3, -0.25) is 0 Å². The van der Waals surface area contributed by atoms with Crippen molar-refractivity contribution in [2.75, 3.05) is 6.54 Å². The van der Waals surface area contributed by atoms with E-state index in [2.05, 4.69) is 0 Å². The minimum absolute atomic E-state index is 0.0609. The Kier molecular flexibility index (Phi) is 3.50. The van der Waals surface area contributed by atoms with Gasteiger partial charge in [0.1, 0.15) is 5.67 Å². The van der Waals surface area contributed by atoms with E-state index in [1.807, 2.05) is 51.1 Å². The van der Waals surface area contributed by atoms with E-state index in [1.165, 1.54) is 0 Å². The van der Waals surface area contributed by atoms with E-state index < -0.39 is 11.1 Å². The van der Waals surface area contributed by atoms with E-state index in [1.54, 1.807) is 0 Å². The first-order valence-corrected chi connectivity index (χ1v) is 5.32. The first-order chi connectivity index (χ1) is 6.89. The van der Waals surface area contributed by atoms with Crippen LogP contribution in [-0.2, 0) is 6.42 Å². The summed E-state index contributed by atoms with van der Waals surface area (Å²) in [5, 5.41) is 0. The Morgan fingerprint density at radius 2 is 1.67 bits per heavy atom. The molecule has 1 aromatic carbocycles. The first-order valence-electron chi connectivity index (χ1n) is 5.32. The Balaban J connectivity index is 2.87. The van der Waals surface area contributed by atoms with Gasteiger partial charge in [0.05, 0.1) is 0 Å². The largest absolute Gasteiger partial charge is 0.327 e. The maximum Gasteiger partial charge on any atom is 0.132 e. The van der Waals surface area contributed by atoms with Gasteiger partial charge in [0.2, 0.25) is 0 Å². The van der Waals surface area contributed by atoms with Crippen molar-refractivity contribution in [2.45, 2.75) is 32.9 Å². The molecule has 0 amide bonds. The molecule has 15 heavy (non-hydrogen) atoms. The molecule has 1 rings (SSSR count). The molecule has 2 N–H and O–H groups in total. The van der Waals surface area contributed by atoms with E-state index >= 15 is 0 Å². The Morgan fingerprint density at radius 1 is 1.13 bits per heavy atom. The molecule has 0 aliphatic carbocycles. The smallest absolute Gasteiger partial charge is 0.132 e. The number of hydrogen-bond donors (Lipinski definition) is 1. The van der Waals surface area contributed by atoms with Gasteiger partial charge >= 0.3 is 0 Å². The summed E-state index contributed by atoms with van der Waals surface area (Å²) in [6.45, 7) is 5.74. The molecule has 0 bridgehead atoms. The fourth-order valence-electron chi connectivity index (χ4n) is 1.56. The van der Waals surface area contributed by atoms with Crippen molar-refractivity contribution < 1.29 is 4.39 Å². The summed E-state index contributed by atoms with van der Waals surface area (Å²) in [4.78, 5) is 0. The van der Waals surface area contributed by atoms with Gasteiger partial charge in [-0.05, 0) is 11.0 Å². The Labute approximate surface area is 91.5 Å². The van der Waals surface area contributed by atoms with Crippen molar-refractivity contribution in [3.05, 3.63) is 35.9 Å². The lowest BCUT2D eigenvalue weighted by molar-refractivity contribution is 0.0382. The van der Waals surface area contributed by atoms with Crippen LogP contribution in [0.5, 0.6) is 0 Å². The van der Waals surface area contributed by atoms with Gasteiger partial charge in [-0.25, -0.2) is 4.39 Å². The van der Waals surface area contributed by atoms with Gasteiger partial charge in [-0.15, -0.1) is 0 Å². The van der Waals surface area contributed by atoms with Crippen LogP contribution in [0.2, 0.25) is 0 Å². The summed E-state index contributed by atoms with van der Waals surface area (Å²) in [7, 11) is 0. The minimum atomic E-state index is -1.34. The Hall–Kier alpha value is -0.890. The summed E-state index contributed by atoms with van der Waals surface area (Å²) in [5.74, 6) is 0. The van der Waals surface area contributed by atoms with Crippen molar-refractivity contribution in [3.8, 4) is 0 Å². The third-order valence-corrected chi connectivity index (χ3v) is 2.99. The molecule has 1 atom stereocenters. The van der Waals surface area contributed by atoms with Crippen LogP contribution in [-0.4, -0.2) is 12.2 Å². The van der Waals surface area contributed by atoms with Crippen molar-refractivity contribution in [1.29, 1.82) is 0 Å². The van der Waals surface area contributed by atoms with E-state index in [4.69, 9.17) is 5.73 Å². The average Bonchev–Trinajstić information content (AvgIpc) is 2.17. The number of rotatable bonds is 3. The minimum Gasteiger partial charge on any atom is -0.327 e. The highest BCUT2D eigenvalue weighted by Crippen LogP contribution is 2.36. The number of alkyl halides is 1. The highest BCUT2D eigenvalue weighted by Gasteiger charge is 2.41. The lowest BCUT2D eigenvalue weighted by Crippen LogP contribution is -2.47. The molecule has 0 heterocycles. The molecule has 1 unspecified atom stereocenters. The molecule has 0 fully saturated rings. The molecule has 0 radical (unpaired) electrons. The zero-order valence-corrected chi connectivity index (χ0v) is 9.76. The number of nitrogens with two attached hydrogens (primary N) is 1.